The minimum Gasteiger partial charge on any atom is -0.494 e. The van der Waals surface area contributed by atoms with Gasteiger partial charge in [0, 0.05) is 11.3 Å². The van der Waals surface area contributed by atoms with Crippen LogP contribution in [0.4, 0.5) is 5.69 Å². The van der Waals surface area contributed by atoms with Crippen molar-refractivity contribution in [3.05, 3.63) is 59.2 Å². The van der Waals surface area contributed by atoms with Crippen molar-refractivity contribution in [3.8, 4) is 5.75 Å². The molecular weight excluding hydrogens is 356 g/mol. The lowest BCUT2D eigenvalue weighted by Gasteiger charge is -2.15. The van der Waals surface area contributed by atoms with Crippen LogP contribution in [0.15, 0.2) is 42.5 Å². The SMILES string of the molecule is CCc1cccc(C)c1NC(=S)NC(=O)c1ccc(OCCC(C)C)cc1. The highest BCUT2D eigenvalue weighted by Gasteiger charge is 2.11. The summed E-state index contributed by atoms with van der Waals surface area (Å²) in [6.07, 6.45) is 1.89. The Morgan fingerprint density at radius 1 is 1.15 bits per heavy atom. The molecule has 0 spiro atoms. The molecule has 0 aromatic heterocycles. The quantitative estimate of drug-likeness (QED) is 0.652. The van der Waals surface area contributed by atoms with Gasteiger partial charge in [-0.3, -0.25) is 10.1 Å². The molecule has 0 aliphatic heterocycles. The molecule has 144 valence electrons. The average Bonchev–Trinajstić information content (AvgIpc) is 2.63. The average molecular weight is 385 g/mol. The van der Waals surface area contributed by atoms with Crippen LogP contribution in [0.5, 0.6) is 5.75 Å². The minimum atomic E-state index is -0.243. The number of ether oxygens (including phenoxy) is 1. The molecule has 0 radical (unpaired) electrons. The molecular formula is C22H28N2O2S. The molecule has 0 fully saturated rings. The molecule has 0 heterocycles. The lowest BCUT2D eigenvalue weighted by atomic mass is 10.1. The van der Waals surface area contributed by atoms with E-state index in [0.717, 1.165) is 35.4 Å². The highest BCUT2D eigenvalue weighted by atomic mass is 32.1. The number of nitrogens with one attached hydrogen (secondary N) is 2. The Kier molecular flexibility index (Phi) is 7.80. The van der Waals surface area contributed by atoms with Crippen molar-refractivity contribution in [2.45, 2.75) is 40.5 Å². The van der Waals surface area contributed by atoms with Gasteiger partial charge in [0.1, 0.15) is 5.75 Å². The number of hydrogen-bond acceptors (Lipinski definition) is 3. The monoisotopic (exact) mass is 384 g/mol. The van der Waals surface area contributed by atoms with Gasteiger partial charge in [0.25, 0.3) is 5.91 Å². The predicted octanol–water partition coefficient (Wildman–Crippen LogP) is 5.11. The van der Waals surface area contributed by atoms with Crippen molar-refractivity contribution in [1.29, 1.82) is 0 Å². The van der Waals surface area contributed by atoms with Crippen LogP contribution in [-0.2, 0) is 6.42 Å². The van der Waals surface area contributed by atoms with Crippen molar-refractivity contribution < 1.29 is 9.53 Å². The van der Waals surface area contributed by atoms with Gasteiger partial charge in [-0.25, -0.2) is 0 Å². The second-order valence-corrected chi connectivity index (χ2v) is 7.33. The summed E-state index contributed by atoms with van der Waals surface area (Å²) in [6, 6.07) is 13.2. The summed E-state index contributed by atoms with van der Waals surface area (Å²) in [5, 5.41) is 6.19. The maximum Gasteiger partial charge on any atom is 0.257 e. The van der Waals surface area contributed by atoms with Crippen molar-refractivity contribution in [2.24, 2.45) is 5.92 Å². The minimum absolute atomic E-state index is 0.243. The van der Waals surface area contributed by atoms with Gasteiger partial charge < -0.3 is 10.1 Å². The van der Waals surface area contributed by atoms with Crippen LogP contribution < -0.4 is 15.4 Å². The summed E-state index contributed by atoms with van der Waals surface area (Å²) < 4.78 is 5.68. The number of benzene rings is 2. The first-order valence-corrected chi connectivity index (χ1v) is 9.75. The second kappa shape index (κ2) is 10.1. The molecule has 2 aromatic carbocycles. The second-order valence-electron chi connectivity index (χ2n) is 6.93. The van der Waals surface area contributed by atoms with Gasteiger partial charge in [0.15, 0.2) is 5.11 Å². The zero-order valence-corrected chi connectivity index (χ0v) is 17.3. The molecule has 0 saturated heterocycles. The molecule has 2 rings (SSSR count). The third-order valence-electron chi connectivity index (χ3n) is 4.29. The van der Waals surface area contributed by atoms with E-state index in [1.807, 2.05) is 31.2 Å². The molecule has 0 bridgehead atoms. The van der Waals surface area contributed by atoms with Gasteiger partial charge >= 0.3 is 0 Å². The van der Waals surface area contributed by atoms with Crippen LogP contribution in [-0.4, -0.2) is 17.6 Å². The Labute approximate surface area is 167 Å². The van der Waals surface area contributed by atoms with Gasteiger partial charge in [0.05, 0.1) is 6.61 Å². The lowest BCUT2D eigenvalue weighted by Crippen LogP contribution is -2.34. The van der Waals surface area contributed by atoms with Crippen molar-refractivity contribution in [2.75, 3.05) is 11.9 Å². The van der Waals surface area contributed by atoms with E-state index in [9.17, 15) is 4.79 Å². The van der Waals surface area contributed by atoms with E-state index < -0.39 is 0 Å². The van der Waals surface area contributed by atoms with Crippen LogP contribution in [0.25, 0.3) is 0 Å². The lowest BCUT2D eigenvalue weighted by molar-refractivity contribution is 0.0977. The number of aryl methyl sites for hydroxylation is 2. The fraction of sp³-hybridized carbons (Fsp3) is 0.364. The number of carbonyl (C=O) groups excluding carboxylic acids is 1. The first-order valence-electron chi connectivity index (χ1n) is 9.34. The smallest absolute Gasteiger partial charge is 0.257 e. The third-order valence-corrected chi connectivity index (χ3v) is 4.49. The molecule has 0 aliphatic carbocycles. The molecule has 0 atom stereocenters. The molecule has 4 nitrogen and oxygen atoms in total. The third kappa shape index (κ3) is 6.36. The Hall–Kier alpha value is -2.40. The van der Waals surface area contributed by atoms with Gasteiger partial charge in [0.2, 0.25) is 0 Å². The summed E-state index contributed by atoms with van der Waals surface area (Å²) >= 11 is 5.32. The van der Waals surface area contributed by atoms with Crippen LogP contribution in [0.1, 0.15) is 48.7 Å². The topological polar surface area (TPSA) is 50.4 Å². The zero-order valence-electron chi connectivity index (χ0n) is 16.5. The van der Waals surface area contributed by atoms with Crippen molar-refractivity contribution in [3.63, 3.8) is 0 Å². The fourth-order valence-corrected chi connectivity index (χ4v) is 2.83. The number of anilines is 1. The summed E-state index contributed by atoms with van der Waals surface area (Å²) in [6.45, 7) is 9.10. The van der Waals surface area contributed by atoms with Crippen LogP contribution in [0.2, 0.25) is 0 Å². The Bertz CT molecular complexity index is 785. The number of hydrogen-bond donors (Lipinski definition) is 2. The van der Waals surface area contributed by atoms with E-state index in [1.165, 1.54) is 0 Å². The summed E-state index contributed by atoms with van der Waals surface area (Å²) in [5.41, 5.74) is 3.75. The maximum atomic E-state index is 12.4. The van der Waals surface area contributed by atoms with Crippen LogP contribution in [0, 0.1) is 12.8 Å². The predicted molar refractivity (Wildman–Crippen MR) is 116 cm³/mol. The van der Waals surface area contributed by atoms with Crippen molar-refractivity contribution in [1.82, 2.24) is 5.32 Å². The molecule has 1 amide bonds. The standard InChI is InChI=1S/C22H28N2O2S/c1-5-17-8-6-7-16(4)20(17)23-22(27)24-21(25)18-9-11-19(12-10-18)26-14-13-15(2)3/h6-12,15H,5,13-14H2,1-4H3,(H2,23,24,25,27). The molecule has 0 unspecified atom stereocenters. The van der Waals surface area contributed by atoms with E-state index in [1.54, 1.807) is 12.1 Å². The number of thiocarbonyl (C=S) groups is 1. The van der Waals surface area contributed by atoms with Gasteiger partial charge in [-0.1, -0.05) is 39.0 Å². The number of para-hydroxylation sites is 1. The first-order chi connectivity index (χ1) is 12.9. The molecule has 5 heteroatoms. The summed E-state index contributed by atoms with van der Waals surface area (Å²) in [4.78, 5) is 12.4. The Balaban J connectivity index is 1.94. The van der Waals surface area contributed by atoms with Crippen LogP contribution in [0.3, 0.4) is 0 Å². The van der Waals surface area contributed by atoms with Crippen molar-refractivity contribution >= 4 is 28.9 Å². The number of rotatable bonds is 7. The number of amides is 1. The number of carbonyl (C=O) groups is 1. The molecule has 0 aliphatic rings. The summed E-state index contributed by atoms with van der Waals surface area (Å²) in [5.74, 6) is 1.12. The summed E-state index contributed by atoms with van der Waals surface area (Å²) in [7, 11) is 0. The molecule has 2 N–H and O–H groups in total. The fourth-order valence-electron chi connectivity index (χ4n) is 2.64. The van der Waals surface area contributed by atoms with Gasteiger partial charge in [-0.05, 0) is 73.3 Å². The Morgan fingerprint density at radius 3 is 2.48 bits per heavy atom. The van der Waals surface area contributed by atoms with E-state index in [-0.39, 0.29) is 5.91 Å². The normalized spacial score (nSPS) is 10.6. The van der Waals surface area contributed by atoms with E-state index in [4.69, 9.17) is 17.0 Å². The van der Waals surface area contributed by atoms with E-state index in [2.05, 4.69) is 37.5 Å². The maximum absolute atomic E-state index is 12.4. The molecule has 2 aromatic rings. The highest BCUT2D eigenvalue weighted by molar-refractivity contribution is 7.80. The first kappa shape index (κ1) is 20.9. The molecule has 0 saturated carbocycles. The zero-order chi connectivity index (χ0) is 19.8. The molecule has 27 heavy (non-hydrogen) atoms. The van der Waals surface area contributed by atoms with Gasteiger partial charge in [-0.2, -0.15) is 0 Å². The van der Waals surface area contributed by atoms with Crippen LogP contribution >= 0.6 is 12.2 Å². The largest absolute Gasteiger partial charge is 0.494 e. The van der Waals surface area contributed by atoms with E-state index >= 15 is 0 Å². The Morgan fingerprint density at radius 2 is 1.85 bits per heavy atom. The van der Waals surface area contributed by atoms with Gasteiger partial charge in [-0.15, -0.1) is 0 Å². The van der Waals surface area contributed by atoms with E-state index in [0.29, 0.717) is 23.2 Å². The highest BCUT2D eigenvalue weighted by Crippen LogP contribution is 2.21.